The van der Waals surface area contributed by atoms with E-state index in [0.29, 0.717) is 43.7 Å². The lowest BCUT2D eigenvalue weighted by Gasteiger charge is -2.30. The summed E-state index contributed by atoms with van der Waals surface area (Å²) in [6.07, 6.45) is 2.62. The van der Waals surface area contributed by atoms with E-state index in [1.807, 2.05) is 32.0 Å². The molecule has 26 heavy (non-hydrogen) atoms. The molecule has 7 nitrogen and oxygen atoms in total. The van der Waals surface area contributed by atoms with Gasteiger partial charge in [0.15, 0.2) is 11.5 Å². The number of nitrogens with one attached hydrogen (secondary N) is 1. The van der Waals surface area contributed by atoms with Gasteiger partial charge in [0, 0.05) is 31.7 Å². The van der Waals surface area contributed by atoms with E-state index in [4.69, 9.17) is 13.9 Å². The van der Waals surface area contributed by atoms with Crippen LogP contribution in [0.5, 0.6) is 11.5 Å². The van der Waals surface area contributed by atoms with Crippen LogP contribution in [0.25, 0.3) is 11.5 Å². The van der Waals surface area contributed by atoms with Crippen LogP contribution in [0.3, 0.4) is 0 Å². The number of hydrogen-bond acceptors (Lipinski definition) is 7. The van der Waals surface area contributed by atoms with E-state index < -0.39 is 0 Å². The molecule has 1 unspecified atom stereocenters. The molecule has 3 rings (SSSR count). The number of nitrogens with zero attached hydrogens (tertiary/aromatic N) is 2. The summed E-state index contributed by atoms with van der Waals surface area (Å²) in [6, 6.07) is 5.56. The van der Waals surface area contributed by atoms with Crippen molar-refractivity contribution >= 4 is 6.29 Å². The Morgan fingerprint density at radius 1 is 1.31 bits per heavy atom. The van der Waals surface area contributed by atoms with Crippen molar-refractivity contribution in [3.63, 3.8) is 0 Å². The zero-order valence-electron chi connectivity index (χ0n) is 15.2. The highest BCUT2D eigenvalue weighted by molar-refractivity contribution is 5.60. The van der Waals surface area contributed by atoms with Crippen molar-refractivity contribution in [3.8, 4) is 23.0 Å². The zero-order chi connectivity index (χ0) is 18.4. The molecule has 1 atom stereocenters. The van der Waals surface area contributed by atoms with Crippen molar-refractivity contribution in [1.82, 2.24) is 15.2 Å². The summed E-state index contributed by atoms with van der Waals surface area (Å²) in [4.78, 5) is 17.7. The van der Waals surface area contributed by atoms with Gasteiger partial charge in [0.2, 0.25) is 5.89 Å². The predicted octanol–water partition coefficient (Wildman–Crippen LogP) is 2.11. The van der Waals surface area contributed by atoms with Gasteiger partial charge in [-0.2, -0.15) is 0 Å². The summed E-state index contributed by atoms with van der Waals surface area (Å²) in [6.45, 7) is 8.03. The highest BCUT2D eigenvalue weighted by Crippen LogP contribution is 2.32. The molecule has 2 heterocycles. The van der Waals surface area contributed by atoms with Crippen LogP contribution in [0.15, 0.2) is 28.9 Å². The lowest BCUT2D eigenvalue weighted by atomic mass is 10.2. The molecule has 1 fully saturated rings. The van der Waals surface area contributed by atoms with Crippen LogP contribution in [0.2, 0.25) is 0 Å². The molecule has 1 aliphatic rings. The highest BCUT2D eigenvalue weighted by Gasteiger charge is 2.20. The van der Waals surface area contributed by atoms with E-state index in [9.17, 15) is 4.79 Å². The van der Waals surface area contributed by atoms with Crippen LogP contribution in [-0.4, -0.2) is 55.1 Å². The fourth-order valence-electron chi connectivity index (χ4n) is 3.00. The van der Waals surface area contributed by atoms with Gasteiger partial charge in [0.05, 0.1) is 24.9 Å². The Labute approximate surface area is 153 Å². The molecular weight excluding hydrogens is 334 g/mol. The van der Waals surface area contributed by atoms with Gasteiger partial charge in [-0.3, -0.25) is 4.90 Å². The van der Waals surface area contributed by atoms with Crippen molar-refractivity contribution in [2.45, 2.75) is 26.4 Å². The first-order chi connectivity index (χ1) is 12.7. The number of hydrogen-bond donors (Lipinski definition) is 1. The van der Waals surface area contributed by atoms with E-state index in [-0.39, 0.29) is 6.04 Å². The third kappa shape index (κ3) is 4.42. The second-order valence-electron chi connectivity index (χ2n) is 6.10. The monoisotopic (exact) mass is 359 g/mol. The maximum absolute atomic E-state index is 11.0. The Hall–Kier alpha value is -2.38. The average Bonchev–Trinajstić information content (AvgIpc) is 3.12. The molecule has 2 aromatic rings. The Morgan fingerprint density at radius 2 is 2.12 bits per heavy atom. The summed E-state index contributed by atoms with van der Waals surface area (Å²) in [5.74, 6) is 1.94. The molecule has 140 valence electrons. The van der Waals surface area contributed by atoms with E-state index in [1.54, 1.807) is 6.26 Å². The SMILES string of the molecule is CCOc1ccc(-c2nc(CN3CCNC(C=O)C3)co2)cc1OCC. The van der Waals surface area contributed by atoms with Crippen molar-refractivity contribution < 1.29 is 18.7 Å². The van der Waals surface area contributed by atoms with Gasteiger partial charge >= 0.3 is 0 Å². The second-order valence-corrected chi connectivity index (χ2v) is 6.10. The number of ether oxygens (including phenoxy) is 2. The fourth-order valence-corrected chi connectivity index (χ4v) is 3.00. The molecule has 7 heteroatoms. The van der Waals surface area contributed by atoms with Gasteiger partial charge in [-0.15, -0.1) is 0 Å². The van der Waals surface area contributed by atoms with Gasteiger partial charge in [-0.05, 0) is 32.0 Å². The molecule has 1 saturated heterocycles. The second kappa shape index (κ2) is 8.82. The van der Waals surface area contributed by atoms with Gasteiger partial charge in [-0.1, -0.05) is 0 Å². The highest BCUT2D eigenvalue weighted by atomic mass is 16.5. The minimum absolute atomic E-state index is 0.116. The third-order valence-corrected chi connectivity index (χ3v) is 4.18. The number of benzene rings is 1. The Morgan fingerprint density at radius 3 is 2.88 bits per heavy atom. The number of rotatable bonds is 8. The first-order valence-corrected chi connectivity index (χ1v) is 8.99. The van der Waals surface area contributed by atoms with Crippen LogP contribution in [-0.2, 0) is 11.3 Å². The Bertz CT molecular complexity index is 731. The summed E-state index contributed by atoms with van der Waals surface area (Å²) in [7, 11) is 0. The van der Waals surface area contributed by atoms with Gasteiger partial charge in [-0.25, -0.2) is 4.98 Å². The van der Waals surface area contributed by atoms with Crippen LogP contribution in [0.4, 0.5) is 0 Å². The molecule has 0 amide bonds. The predicted molar refractivity (Wildman–Crippen MR) is 97.4 cm³/mol. The molecule has 0 aliphatic carbocycles. The Kier molecular flexibility index (Phi) is 6.25. The van der Waals surface area contributed by atoms with E-state index in [2.05, 4.69) is 15.2 Å². The van der Waals surface area contributed by atoms with E-state index in [0.717, 1.165) is 30.6 Å². The molecule has 1 aromatic carbocycles. The number of piperazine rings is 1. The maximum atomic E-state index is 11.0. The van der Waals surface area contributed by atoms with Crippen LogP contribution in [0.1, 0.15) is 19.5 Å². The van der Waals surface area contributed by atoms with Crippen LogP contribution >= 0.6 is 0 Å². The van der Waals surface area contributed by atoms with E-state index >= 15 is 0 Å². The first kappa shape index (κ1) is 18.4. The Balaban J connectivity index is 1.72. The standard InChI is InChI=1S/C19H25N3O4/c1-3-24-17-6-5-14(9-18(17)25-4-2)19-21-16(13-26-19)11-22-8-7-20-15(10-22)12-23/h5-6,9,12-13,15,20H,3-4,7-8,10-11H2,1-2H3. The number of oxazole rings is 1. The zero-order valence-corrected chi connectivity index (χ0v) is 15.2. The first-order valence-electron chi connectivity index (χ1n) is 8.99. The van der Waals surface area contributed by atoms with Crippen molar-refractivity contribution in [2.75, 3.05) is 32.8 Å². The van der Waals surface area contributed by atoms with Crippen molar-refractivity contribution in [3.05, 3.63) is 30.2 Å². The summed E-state index contributed by atoms with van der Waals surface area (Å²) >= 11 is 0. The summed E-state index contributed by atoms with van der Waals surface area (Å²) in [5, 5.41) is 3.17. The lowest BCUT2D eigenvalue weighted by Crippen LogP contribution is -2.50. The molecule has 0 bridgehead atoms. The normalized spacial score (nSPS) is 17.8. The quantitative estimate of drug-likeness (QED) is 0.723. The van der Waals surface area contributed by atoms with Crippen LogP contribution in [0, 0.1) is 0 Å². The van der Waals surface area contributed by atoms with Gasteiger partial charge in [0.1, 0.15) is 12.5 Å². The summed E-state index contributed by atoms with van der Waals surface area (Å²) < 4.78 is 16.9. The number of carbonyl (C=O) groups excluding carboxylic acids is 1. The van der Waals surface area contributed by atoms with Crippen LogP contribution < -0.4 is 14.8 Å². The molecule has 1 aliphatic heterocycles. The molecular formula is C19H25N3O4. The minimum atomic E-state index is -0.116. The number of aromatic nitrogens is 1. The summed E-state index contributed by atoms with van der Waals surface area (Å²) in [5.41, 5.74) is 1.69. The molecule has 1 aromatic heterocycles. The molecule has 0 spiro atoms. The fraction of sp³-hybridized carbons (Fsp3) is 0.474. The number of carbonyl (C=O) groups is 1. The third-order valence-electron chi connectivity index (χ3n) is 4.18. The minimum Gasteiger partial charge on any atom is -0.490 e. The van der Waals surface area contributed by atoms with Crippen molar-refractivity contribution in [1.29, 1.82) is 0 Å². The lowest BCUT2D eigenvalue weighted by molar-refractivity contribution is -0.110. The van der Waals surface area contributed by atoms with Gasteiger partial charge < -0.3 is 24.0 Å². The van der Waals surface area contributed by atoms with Gasteiger partial charge in [0.25, 0.3) is 0 Å². The molecule has 0 saturated carbocycles. The molecule has 0 radical (unpaired) electrons. The largest absolute Gasteiger partial charge is 0.490 e. The van der Waals surface area contributed by atoms with E-state index in [1.165, 1.54) is 0 Å². The topological polar surface area (TPSA) is 76.8 Å². The average molecular weight is 359 g/mol. The maximum Gasteiger partial charge on any atom is 0.226 e. The number of aldehydes is 1. The molecule has 1 N–H and O–H groups in total. The van der Waals surface area contributed by atoms with Crippen molar-refractivity contribution in [2.24, 2.45) is 0 Å². The smallest absolute Gasteiger partial charge is 0.226 e.